The van der Waals surface area contributed by atoms with Crippen LogP contribution >= 0.6 is 0 Å². The summed E-state index contributed by atoms with van der Waals surface area (Å²) >= 11 is 0. The molecule has 0 unspecified atom stereocenters. The summed E-state index contributed by atoms with van der Waals surface area (Å²) in [6.45, 7) is 4.85. The van der Waals surface area contributed by atoms with E-state index >= 15 is 0 Å². The summed E-state index contributed by atoms with van der Waals surface area (Å²) in [4.78, 5) is 21.3. The van der Waals surface area contributed by atoms with Gasteiger partial charge in [-0.15, -0.1) is 0 Å². The lowest BCUT2D eigenvalue weighted by atomic mass is 10.00. The molecule has 2 heterocycles. The standard InChI is InChI=1S/C20H22N4O/c1-16(17-7-3-2-4-8-17)20(25)24-12-6-11-23(13-14-24)19-18(15-21)9-5-10-22-19/h2-5,7-10,16H,6,11-14H2,1H3/t16-/m1/s1. The molecule has 3 rings (SSSR count). The maximum Gasteiger partial charge on any atom is 0.229 e. The van der Waals surface area contributed by atoms with Crippen molar-refractivity contribution in [3.63, 3.8) is 0 Å². The molecule has 1 aliphatic rings. The smallest absolute Gasteiger partial charge is 0.229 e. The number of carbonyl (C=O) groups excluding carboxylic acids is 1. The van der Waals surface area contributed by atoms with Crippen LogP contribution in [0.25, 0.3) is 0 Å². The number of pyridine rings is 1. The fourth-order valence-corrected chi connectivity index (χ4v) is 3.24. The Bertz CT molecular complexity index is 769. The topological polar surface area (TPSA) is 60.2 Å². The van der Waals surface area contributed by atoms with E-state index in [4.69, 9.17) is 0 Å². The number of hydrogen-bond donors (Lipinski definition) is 0. The highest BCUT2D eigenvalue weighted by atomic mass is 16.2. The number of hydrogen-bond acceptors (Lipinski definition) is 4. The fraction of sp³-hybridized carbons (Fsp3) is 0.350. The minimum absolute atomic E-state index is 0.141. The van der Waals surface area contributed by atoms with Gasteiger partial charge in [-0.05, 0) is 31.0 Å². The van der Waals surface area contributed by atoms with Crippen molar-refractivity contribution < 1.29 is 4.79 Å². The van der Waals surface area contributed by atoms with Crippen molar-refractivity contribution in [1.29, 1.82) is 5.26 Å². The van der Waals surface area contributed by atoms with Gasteiger partial charge in [0.1, 0.15) is 11.9 Å². The summed E-state index contributed by atoms with van der Waals surface area (Å²) in [6.07, 6.45) is 2.58. The summed E-state index contributed by atoms with van der Waals surface area (Å²) < 4.78 is 0. The third-order valence-electron chi connectivity index (χ3n) is 4.68. The van der Waals surface area contributed by atoms with Crippen LogP contribution in [-0.2, 0) is 4.79 Å². The van der Waals surface area contributed by atoms with Gasteiger partial charge in [0, 0.05) is 32.4 Å². The summed E-state index contributed by atoms with van der Waals surface area (Å²) in [5.41, 5.74) is 1.63. The normalized spacial score (nSPS) is 16.0. The van der Waals surface area contributed by atoms with Gasteiger partial charge in [0.05, 0.1) is 11.5 Å². The molecule has 0 N–H and O–H groups in total. The van der Waals surface area contributed by atoms with Crippen LogP contribution in [0, 0.1) is 11.3 Å². The van der Waals surface area contributed by atoms with Crippen LogP contribution in [0.5, 0.6) is 0 Å². The molecule has 1 atom stereocenters. The zero-order valence-corrected chi connectivity index (χ0v) is 14.4. The largest absolute Gasteiger partial charge is 0.354 e. The highest BCUT2D eigenvalue weighted by molar-refractivity contribution is 5.83. The lowest BCUT2D eigenvalue weighted by Gasteiger charge is -2.25. The summed E-state index contributed by atoms with van der Waals surface area (Å²) in [6, 6.07) is 15.7. The van der Waals surface area contributed by atoms with E-state index in [0.29, 0.717) is 18.7 Å². The average molecular weight is 334 g/mol. The number of nitriles is 1. The number of carbonyl (C=O) groups is 1. The van der Waals surface area contributed by atoms with Crippen LogP contribution in [0.2, 0.25) is 0 Å². The molecule has 1 amide bonds. The van der Waals surface area contributed by atoms with E-state index < -0.39 is 0 Å². The van der Waals surface area contributed by atoms with Gasteiger partial charge in [-0.1, -0.05) is 30.3 Å². The van der Waals surface area contributed by atoms with Gasteiger partial charge < -0.3 is 9.80 Å². The number of benzene rings is 1. The summed E-state index contributed by atoms with van der Waals surface area (Å²) in [7, 11) is 0. The van der Waals surface area contributed by atoms with Crippen LogP contribution in [0.15, 0.2) is 48.7 Å². The maximum absolute atomic E-state index is 12.9. The highest BCUT2D eigenvalue weighted by Gasteiger charge is 2.25. The van der Waals surface area contributed by atoms with Crippen molar-refractivity contribution in [2.24, 2.45) is 0 Å². The van der Waals surface area contributed by atoms with Crippen LogP contribution in [0.3, 0.4) is 0 Å². The molecule has 2 aromatic rings. The number of nitrogens with zero attached hydrogens (tertiary/aromatic N) is 4. The Morgan fingerprint density at radius 3 is 2.68 bits per heavy atom. The van der Waals surface area contributed by atoms with E-state index in [9.17, 15) is 10.1 Å². The third kappa shape index (κ3) is 3.80. The molecular weight excluding hydrogens is 312 g/mol. The lowest BCUT2D eigenvalue weighted by molar-refractivity contribution is -0.132. The van der Waals surface area contributed by atoms with Crippen molar-refractivity contribution >= 4 is 11.7 Å². The molecule has 1 fully saturated rings. The predicted molar refractivity (Wildman–Crippen MR) is 97.2 cm³/mol. The van der Waals surface area contributed by atoms with Gasteiger partial charge in [-0.2, -0.15) is 5.26 Å². The summed E-state index contributed by atoms with van der Waals surface area (Å²) in [5.74, 6) is 0.738. The minimum atomic E-state index is -0.141. The predicted octanol–water partition coefficient (Wildman–Crippen LogP) is 2.80. The van der Waals surface area contributed by atoms with E-state index in [1.807, 2.05) is 42.2 Å². The molecule has 0 aliphatic carbocycles. The zero-order valence-electron chi connectivity index (χ0n) is 14.4. The van der Waals surface area contributed by atoms with Gasteiger partial charge in [-0.3, -0.25) is 4.79 Å². The van der Waals surface area contributed by atoms with E-state index in [2.05, 4.69) is 16.0 Å². The molecule has 0 spiro atoms. The monoisotopic (exact) mass is 334 g/mol. The Morgan fingerprint density at radius 1 is 1.12 bits per heavy atom. The van der Waals surface area contributed by atoms with Crippen molar-refractivity contribution in [3.05, 3.63) is 59.8 Å². The Morgan fingerprint density at radius 2 is 1.92 bits per heavy atom. The Balaban J connectivity index is 1.69. The molecule has 0 bridgehead atoms. The van der Waals surface area contributed by atoms with Crippen LogP contribution < -0.4 is 4.90 Å². The van der Waals surface area contributed by atoms with Crippen molar-refractivity contribution in [2.75, 3.05) is 31.1 Å². The highest BCUT2D eigenvalue weighted by Crippen LogP contribution is 2.21. The SMILES string of the molecule is C[C@@H](C(=O)N1CCCN(c2ncccc2C#N)CC1)c1ccccc1. The first-order valence-corrected chi connectivity index (χ1v) is 8.64. The third-order valence-corrected chi connectivity index (χ3v) is 4.68. The van der Waals surface area contributed by atoms with E-state index in [1.165, 1.54) is 0 Å². The average Bonchev–Trinajstić information content (AvgIpc) is 2.93. The molecule has 0 radical (unpaired) electrons. The molecule has 1 aromatic carbocycles. The molecular formula is C20H22N4O. The van der Waals surface area contributed by atoms with Gasteiger partial charge in [0.2, 0.25) is 5.91 Å². The first-order chi connectivity index (χ1) is 12.2. The molecule has 25 heavy (non-hydrogen) atoms. The second kappa shape index (κ2) is 7.80. The van der Waals surface area contributed by atoms with Gasteiger partial charge in [0.15, 0.2) is 0 Å². The quantitative estimate of drug-likeness (QED) is 0.866. The van der Waals surface area contributed by atoms with Crippen molar-refractivity contribution in [3.8, 4) is 6.07 Å². The molecule has 0 saturated carbocycles. The lowest BCUT2D eigenvalue weighted by Crippen LogP contribution is -2.37. The maximum atomic E-state index is 12.9. The Labute approximate surface area is 148 Å². The van der Waals surface area contributed by atoms with Gasteiger partial charge >= 0.3 is 0 Å². The number of amides is 1. The molecule has 5 heteroatoms. The number of anilines is 1. The molecule has 1 aromatic heterocycles. The Kier molecular flexibility index (Phi) is 5.30. The molecule has 1 aliphatic heterocycles. The number of rotatable bonds is 3. The fourth-order valence-electron chi connectivity index (χ4n) is 3.24. The number of aromatic nitrogens is 1. The van der Waals surface area contributed by atoms with E-state index in [0.717, 1.165) is 30.9 Å². The first kappa shape index (κ1) is 17.0. The molecule has 1 saturated heterocycles. The zero-order chi connectivity index (χ0) is 17.6. The van der Waals surface area contributed by atoms with Crippen LogP contribution in [0.4, 0.5) is 5.82 Å². The van der Waals surface area contributed by atoms with E-state index in [1.54, 1.807) is 18.3 Å². The van der Waals surface area contributed by atoms with E-state index in [-0.39, 0.29) is 11.8 Å². The second-order valence-corrected chi connectivity index (χ2v) is 6.28. The van der Waals surface area contributed by atoms with Crippen LogP contribution in [0.1, 0.15) is 30.4 Å². The van der Waals surface area contributed by atoms with Crippen LogP contribution in [-0.4, -0.2) is 42.0 Å². The molecule has 5 nitrogen and oxygen atoms in total. The second-order valence-electron chi connectivity index (χ2n) is 6.28. The Hall–Kier alpha value is -2.87. The van der Waals surface area contributed by atoms with Gasteiger partial charge in [0.25, 0.3) is 0 Å². The minimum Gasteiger partial charge on any atom is -0.354 e. The first-order valence-electron chi connectivity index (χ1n) is 8.64. The van der Waals surface area contributed by atoms with Gasteiger partial charge in [-0.25, -0.2) is 4.98 Å². The van der Waals surface area contributed by atoms with Crippen molar-refractivity contribution in [1.82, 2.24) is 9.88 Å². The summed E-state index contributed by atoms with van der Waals surface area (Å²) in [5, 5.41) is 9.28. The molecule has 128 valence electrons. The van der Waals surface area contributed by atoms with Crippen molar-refractivity contribution in [2.45, 2.75) is 19.3 Å².